The van der Waals surface area contributed by atoms with Crippen molar-refractivity contribution in [1.29, 1.82) is 0 Å². The summed E-state index contributed by atoms with van der Waals surface area (Å²) in [6, 6.07) is 9.86. The third-order valence-electron chi connectivity index (χ3n) is 3.86. The molecule has 1 aliphatic rings. The Bertz CT molecular complexity index is 615. The number of rotatable bonds is 4. The fraction of sp³-hybridized carbons (Fsp3) is 0.375. The monoisotopic (exact) mass is 321 g/mol. The molecule has 1 aliphatic carbocycles. The van der Waals surface area contributed by atoms with Crippen LogP contribution in [0, 0.1) is 5.92 Å². The van der Waals surface area contributed by atoms with Crippen LogP contribution in [0.4, 0.5) is 0 Å². The Balaban J connectivity index is 0.00000176. The predicted molar refractivity (Wildman–Crippen MR) is 86.4 cm³/mol. The summed E-state index contributed by atoms with van der Waals surface area (Å²) in [5, 5.41) is 2.91. The molecule has 2 unspecified atom stereocenters. The minimum absolute atomic E-state index is 0. The number of carbonyl (C=O) groups is 1. The van der Waals surface area contributed by atoms with Gasteiger partial charge in [-0.2, -0.15) is 0 Å². The van der Waals surface area contributed by atoms with Gasteiger partial charge in [-0.1, -0.05) is 18.2 Å². The summed E-state index contributed by atoms with van der Waals surface area (Å²) in [5.74, 6) is 0.676. The normalized spacial score (nSPS) is 20.4. The van der Waals surface area contributed by atoms with E-state index in [1.165, 1.54) is 0 Å². The summed E-state index contributed by atoms with van der Waals surface area (Å²) in [4.78, 5) is 16.4. The molecule has 1 aromatic heterocycles. The van der Waals surface area contributed by atoms with Gasteiger partial charge in [0.1, 0.15) is 6.26 Å². The molecular weight excluding hydrogens is 302 g/mol. The van der Waals surface area contributed by atoms with Crippen LogP contribution >= 0.6 is 12.4 Å². The smallest absolute Gasteiger partial charge is 0.226 e. The molecule has 1 fully saturated rings. The average Bonchev–Trinajstić information content (AvgIpc) is 3.15. The van der Waals surface area contributed by atoms with Crippen LogP contribution in [0.5, 0.6) is 0 Å². The first-order valence-electron chi connectivity index (χ1n) is 7.25. The van der Waals surface area contributed by atoms with Gasteiger partial charge in [-0.25, -0.2) is 4.98 Å². The highest BCUT2D eigenvalue weighted by molar-refractivity contribution is 5.85. The number of nitrogens with zero attached hydrogens (tertiary/aromatic N) is 1. The number of benzene rings is 1. The molecule has 118 valence electrons. The average molecular weight is 322 g/mol. The van der Waals surface area contributed by atoms with Crippen LogP contribution in [0.15, 0.2) is 41.0 Å². The number of nitrogens with one attached hydrogen (secondary N) is 1. The topological polar surface area (TPSA) is 81.2 Å². The summed E-state index contributed by atoms with van der Waals surface area (Å²) in [7, 11) is 0. The molecule has 0 spiro atoms. The maximum Gasteiger partial charge on any atom is 0.226 e. The lowest BCUT2D eigenvalue weighted by molar-refractivity contribution is -0.125. The van der Waals surface area contributed by atoms with Gasteiger partial charge in [-0.15, -0.1) is 12.4 Å². The van der Waals surface area contributed by atoms with E-state index in [1.54, 1.807) is 6.26 Å². The van der Waals surface area contributed by atoms with Gasteiger partial charge in [0.15, 0.2) is 0 Å². The molecule has 2 aromatic rings. The van der Waals surface area contributed by atoms with Crippen molar-refractivity contribution in [3.05, 3.63) is 42.3 Å². The van der Waals surface area contributed by atoms with Gasteiger partial charge in [-0.3, -0.25) is 4.79 Å². The Morgan fingerprint density at radius 2 is 2.09 bits per heavy atom. The van der Waals surface area contributed by atoms with Crippen molar-refractivity contribution in [2.75, 3.05) is 0 Å². The van der Waals surface area contributed by atoms with E-state index in [4.69, 9.17) is 10.2 Å². The second-order valence-corrected chi connectivity index (χ2v) is 5.50. The van der Waals surface area contributed by atoms with E-state index in [-0.39, 0.29) is 30.3 Å². The number of hydrogen-bond acceptors (Lipinski definition) is 4. The number of hydrogen-bond donors (Lipinski definition) is 2. The molecule has 1 saturated carbocycles. The van der Waals surface area contributed by atoms with Crippen LogP contribution < -0.4 is 11.1 Å². The lowest BCUT2D eigenvalue weighted by Crippen LogP contribution is -2.30. The van der Waals surface area contributed by atoms with E-state index in [9.17, 15) is 4.79 Å². The predicted octanol–water partition coefficient (Wildman–Crippen LogP) is 2.51. The highest BCUT2D eigenvalue weighted by atomic mass is 35.5. The van der Waals surface area contributed by atoms with E-state index in [2.05, 4.69) is 10.3 Å². The number of amides is 1. The molecule has 1 heterocycles. The number of carbonyl (C=O) groups excluding carboxylic acids is 1. The van der Waals surface area contributed by atoms with Crippen LogP contribution in [0.3, 0.4) is 0 Å². The lowest BCUT2D eigenvalue weighted by Gasteiger charge is -2.09. The molecule has 1 aromatic carbocycles. The number of nitrogens with two attached hydrogens (primary N) is 1. The zero-order valence-corrected chi connectivity index (χ0v) is 13.0. The Kier molecular flexibility index (Phi) is 5.57. The maximum atomic E-state index is 12.0. The molecule has 5 nitrogen and oxygen atoms in total. The van der Waals surface area contributed by atoms with Gasteiger partial charge in [0.05, 0.1) is 12.2 Å². The van der Waals surface area contributed by atoms with E-state index in [0.29, 0.717) is 12.4 Å². The SMILES string of the molecule is Cl.NC1CCC(C(=O)NCc2coc(-c3ccccc3)n2)C1. The van der Waals surface area contributed by atoms with Crippen molar-refractivity contribution in [2.24, 2.45) is 11.7 Å². The van der Waals surface area contributed by atoms with Crippen LogP contribution in [0.2, 0.25) is 0 Å². The third kappa shape index (κ3) is 3.87. The largest absolute Gasteiger partial charge is 0.444 e. The molecular formula is C16H20ClN3O2. The minimum Gasteiger partial charge on any atom is -0.444 e. The fourth-order valence-corrected chi connectivity index (χ4v) is 2.68. The molecule has 1 amide bonds. The zero-order valence-electron chi connectivity index (χ0n) is 12.2. The first-order chi connectivity index (χ1) is 10.2. The summed E-state index contributed by atoms with van der Waals surface area (Å²) in [6.07, 6.45) is 4.17. The Morgan fingerprint density at radius 1 is 1.32 bits per heavy atom. The second kappa shape index (κ2) is 7.42. The van der Waals surface area contributed by atoms with Crippen molar-refractivity contribution in [1.82, 2.24) is 10.3 Å². The highest BCUT2D eigenvalue weighted by Crippen LogP contribution is 2.24. The van der Waals surface area contributed by atoms with Crippen LogP contribution in [0.25, 0.3) is 11.5 Å². The Morgan fingerprint density at radius 3 is 2.77 bits per heavy atom. The molecule has 3 rings (SSSR count). The molecule has 2 atom stereocenters. The van der Waals surface area contributed by atoms with Crippen LogP contribution in [-0.2, 0) is 11.3 Å². The number of oxazole rings is 1. The quantitative estimate of drug-likeness (QED) is 0.906. The van der Waals surface area contributed by atoms with E-state index < -0.39 is 0 Å². The fourth-order valence-electron chi connectivity index (χ4n) is 2.68. The van der Waals surface area contributed by atoms with E-state index in [0.717, 1.165) is 30.5 Å². The molecule has 0 aliphatic heterocycles. The first kappa shape index (κ1) is 16.5. The Hall–Kier alpha value is -1.85. The van der Waals surface area contributed by atoms with Crippen molar-refractivity contribution >= 4 is 18.3 Å². The summed E-state index contributed by atoms with van der Waals surface area (Å²) < 4.78 is 5.44. The molecule has 22 heavy (non-hydrogen) atoms. The zero-order chi connectivity index (χ0) is 14.7. The summed E-state index contributed by atoms with van der Waals surface area (Å²) >= 11 is 0. The molecule has 0 radical (unpaired) electrons. The summed E-state index contributed by atoms with van der Waals surface area (Å²) in [5.41, 5.74) is 7.48. The maximum absolute atomic E-state index is 12.0. The van der Waals surface area contributed by atoms with Gasteiger partial charge in [0.25, 0.3) is 0 Å². The van der Waals surface area contributed by atoms with Gasteiger partial charge in [-0.05, 0) is 31.4 Å². The molecule has 3 N–H and O–H groups in total. The lowest BCUT2D eigenvalue weighted by atomic mass is 10.1. The molecule has 0 saturated heterocycles. The standard InChI is InChI=1S/C16H19N3O2.ClH/c17-13-7-6-12(8-13)15(20)18-9-14-10-21-16(19-14)11-4-2-1-3-5-11;/h1-5,10,12-13H,6-9,17H2,(H,18,20);1H. The second-order valence-electron chi connectivity index (χ2n) is 5.50. The van der Waals surface area contributed by atoms with E-state index in [1.807, 2.05) is 30.3 Å². The van der Waals surface area contributed by atoms with Gasteiger partial charge >= 0.3 is 0 Å². The van der Waals surface area contributed by atoms with E-state index >= 15 is 0 Å². The van der Waals surface area contributed by atoms with Crippen molar-refractivity contribution in [3.63, 3.8) is 0 Å². The number of aromatic nitrogens is 1. The Labute approximate surface area is 135 Å². The van der Waals surface area contributed by atoms with Crippen LogP contribution in [0.1, 0.15) is 25.0 Å². The highest BCUT2D eigenvalue weighted by Gasteiger charge is 2.27. The van der Waals surface area contributed by atoms with Gasteiger partial charge < -0.3 is 15.5 Å². The summed E-state index contributed by atoms with van der Waals surface area (Å²) in [6.45, 7) is 0.390. The first-order valence-corrected chi connectivity index (χ1v) is 7.25. The molecule has 0 bridgehead atoms. The van der Waals surface area contributed by atoms with Gasteiger partial charge in [0, 0.05) is 17.5 Å². The minimum atomic E-state index is 0. The van der Waals surface area contributed by atoms with Gasteiger partial charge in [0.2, 0.25) is 11.8 Å². The molecule has 6 heteroatoms. The van der Waals surface area contributed by atoms with Crippen molar-refractivity contribution < 1.29 is 9.21 Å². The van der Waals surface area contributed by atoms with Crippen LogP contribution in [-0.4, -0.2) is 16.9 Å². The van der Waals surface area contributed by atoms with Crippen molar-refractivity contribution in [3.8, 4) is 11.5 Å². The van der Waals surface area contributed by atoms with Crippen molar-refractivity contribution in [2.45, 2.75) is 31.8 Å². The number of halogens is 1. The third-order valence-corrected chi connectivity index (χ3v) is 3.86.